The van der Waals surface area contributed by atoms with Crippen LogP contribution in [0.15, 0.2) is 30.6 Å². The highest BCUT2D eigenvalue weighted by molar-refractivity contribution is 5.38. The van der Waals surface area contributed by atoms with Crippen LogP contribution in [0.4, 0.5) is 0 Å². The summed E-state index contributed by atoms with van der Waals surface area (Å²) < 4.78 is 2.25. The fraction of sp³-hybridized carbons (Fsp3) is 0.438. The van der Waals surface area contributed by atoms with E-state index in [1.54, 1.807) is 0 Å². The van der Waals surface area contributed by atoms with E-state index in [2.05, 4.69) is 40.9 Å². The Kier molecular flexibility index (Phi) is 3.38. The highest BCUT2D eigenvalue weighted by Crippen LogP contribution is 2.30. The van der Waals surface area contributed by atoms with Crippen LogP contribution in [0.2, 0.25) is 0 Å². The monoisotopic (exact) mass is 255 g/mol. The fourth-order valence-corrected chi connectivity index (χ4v) is 2.95. The van der Waals surface area contributed by atoms with Crippen LogP contribution in [-0.4, -0.2) is 9.55 Å². The summed E-state index contributed by atoms with van der Waals surface area (Å²) in [7, 11) is 0. The molecule has 0 fully saturated rings. The van der Waals surface area contributed by atoms with Gasteiger partial charge in [0.05, 0.1) is 0 Å². The van der Waals surface area contributed by atoms with Crippen LogP contribution in [0.3, 0.4) is 0 Å². The molecule has 3 heteroatoms. The third-order valence-electron chi connectivity index (χ3n) is 3.96. The first-order chi connectivity index (χ1) is 9.28. The molecular weight excluding hydrogens is 234 g/mol. The first-order valence-corrected chi connectivity index (χ1v) is 7.15. The maximum atomic E-state index is 6.08. The van der Waals surface area contributed by atoms with Gasteiger partial charge in [-0.15, -0.1) is 0 Å². The van der Waals surface area contributed by atoms with Crippen LogP contribution in [0, 0.1) is 0 Å². The number of nitrogens with zero attached hydrogens (tertiary/aromatic N) is 2. The van der Waals surface area contributed by atoms with Crippen molar-refractivity contribution in [3.63, 3.8) is 0 Å². The third-order valence-corrected chi connectivity index (χ3v) is 3.96. The largest absolute Gasteiger partial charge is 0.335 e. The molecule has 1 aromatic heterocycles. The summed E-state index contributed by atoms with van der Waals surface area (Å²) in [5.41, 5.74) is 10.2. The Balaban J connectivity index is 1.82. The van der Waals surface area contributed by atoms with E-state index < -0.39 is 0 Å². The summed E-state index contributed by atoms with van der Waals surface area (Å²) in [5, 5.41) is 0. The van der Waals surface area contributed by atoms with Crippen LogP contribution >= 0.6 is 0 Å². The van der Waals surface area contributed by atoms with Crippen LogP contribution < -0.4 is 5.73 Å². The highest BCUT2D eigenvalue weighted by Gasteiger charge is 2.19. The minimum Gasteiger partial charge on any atom is -0.335 e. The van der Waals surface area contributed by atoms with Crippen molar-refractivity contribution in [2.75, 3.05) is 0 Å². The van der Waals surface area contributed by atoms with Gasteiger partial charge >= 0.3 is 0 Å². The number of benzene rings is 1. The molecule has 0 aliphatic heterocycles. The molecule has 3 nitrogen and oxygen atoms in total. The first-order valence-electron chi connectivity index (χ1n) is 7.15. The summed E-state index contributed by atoms with van der Waals surface area (Å²) >= 11 is 0. The number of hydrogen-bond donors (Lipinski definition) is 1. The van der Waals surface area contributed by atoms with E-state index in [-0.39, 0.29) is 6.04 Å². The van der Waals surface area contributed by atoms with Crippen LogP contribution in [0.25, 0.3) is 0 Å². The molecule has 1 unspecified atom stereocenters. The summed E-state index contributed by atoms with van der Waals surface area (Å²) in [6, 6.07) is 6.96. The average Bonchev–Trinajstić information content (AvgIpc) is 2.98. The normalized spacial score (nSPS) is 17.7. The number of rotatable bonds is 4. The first kappa shape index (κ1) is 12.4. The molecule has 3 rings (SSSR count). The van der Waals surface area contributed by atoms with Crippen molar-refractivity contribution in [3.05, 3.63) is 53.1 Å². The van der Waals surface area contributed by atoms with Gasteiger partial charge in [-0.25, -0.2) is 4.98 Å². The maximum absolute atomic E-state index is 6.08. The number of hydrogen-bond acceptors (Lipinski definition) is 2. The molecule has 100 valence electrons. The summed E-state index contributed by atoms with van der Waals surface area (Å²) in [4.78, 5) is 4.48. The van der Waals surface area contributed by atoms with Crippen molar-refractivity contribution < 1.29 is 0 Å². The predicted molar refractivity (Wildman–Crippen MR) is 77.0 cm³/mol. The smallest absolute Gasteiger partial charge is 0.113 e. The number of aromatic nitrogens is 2. The number of aryl methyl sites for hydroxylation is 2. The minimum atomic E-state index is 0.242. The van der Waals surface area contributed by atoms with Crippen LogP contribution in [0.5, 0.6) is 0 Å². The second-order valence-corrected chi connectivity index (χ2v) is 5.39. The van der Waals surface area contributed by atoms with Gasteiger partial charge in [0.2, 0.25) is 0 Å². The molecular formula is C16H21N3. The molecule has 2 aromatic rings. The van der Waals surface area contributed by atoms with Crippen LogP contribution in [0.1, 0.15) is 48.3 Å². The van der Waals surface area contributed by atoms with Crippen molar-refractivity contribution in [2.24, 2.45) is 5.73 Å². The summed E-state index contributed by atoms with van der Waals surface area (Å²) in [5.74, 6) is 1.16. The maximum Gasteiger partial charge on any atom is 0.113 e. The molecule has 1 aliphatic carbocycles. The molecule has 0 radical (unpaired) electrons. The van der Waals surface area contributed by atoms with Crippen LogP contribution in [-0.2, 0) is 19.4 Å². The Morgan fingerprint density at radius 2 is 2.32 bits per heavy atom. The predicted octanol–water partition coefficient (Wildman–Crippen LogP) is 2.83. The number of nitrogens with two attached hydrogens (primary N) is 1. The molecule has 0 spiro atoms. The second-order valence-electron chi connectivity index (χ2n) is 5.39. The van der Waals surface area contributed by atoms with Gasteiger partial charge in [0.25, 0.3) is 0 Å². The highest BCUT2D eigenvalue weighted by atomic mass is 15.1. The lowest BCUT2D eigenvalue weighted by molar-refractivity contribution is 0.647. The standard InChI is InChI=1S/C16H21N3/c1-2-8-19-9-7-18-16(19)11-12-3-5-14-13(10-12)4-6-15(14)17/h3,5,7,9-10,15H,2,4,6,8,11,17H2,1H3. The topological polar surface area (TPSA) is 43.8 Å². The van der Waals surface area contributed by atoms with Crippen molar-refractivity contribution in [1.29, 1.82) is 0 Å². The molecule has 1 aromatic carbocycles. The van der Waals surface area contributed by atoms with Gasteiger partial charge in [0, 0.05) is 31.4 Å². The van der Waals surface area contributed by atoms with Gasteiger partial charge in [-0.1, -0.05) is 25.1 Å². The van der Waals surface area contributed by atoms with Gasteiger partial charge in [-0.05, 0) is 36.0 Å². The third kappa shape index (κ3) is 2.43. The molecule has 0 bridgehead atoms. The van der Waals surface area contributed by atoms with Gasteiger partial charge in [-0.2, -0.15) is 0 Å². The Hall–Kier alpha value is -1.61. The SMILES string of the molecule is CCCn1ccnc1Cc1ccc2c(c1)CCC2N. The average molecular weight is 255 g/mol. The fourth-order valence-electron chi connectivity index (χ4n) is 2.95. The zero-order valence-electron chi connectivity index (χ0n) is 11.5. The van der Waals surface area contributed by atoms with Crippen molar-refractivity contribution in [1.82, 2.24) is 9.55 Å². The van der Waals surface area contributed by atoms with E-state index in [9.17, 15) is 0 Å². The summed E-state index contributed by atoms with van der Waals surface area (Å²) in [6.45, 7) is 3.24. The second kappa shape index (κ2) is 5.17. The van der Waals surface area contributed by atoms with E-state index in [4.69, 9.17) is 5.73 Å². The van der Waals surface area contributed by atoms with E-state index in [1.807, 2.05) is 6.20 Å². The number of fused-ring (bicyclic) bond motifs is 1. The lowest BCUT2D eigenvalue weighted by Gasteiger charge is -2.09. The number of imidazole rings is 1. The molecule has 2 N–H and O–H groups in total. The Bertz CT molecular complexity index is 571. The van der Waals surface area contributed by atoms with Crippen molar-refractivity contribution in [3.8, 4) is 0 Å². The molecule has 1 aliphatic rings. The van der Waals surface area contributed by atoms with Gasteiger partial charge < -0.3 is 10.3 Å². The van der Waals surface area contributed by atoms with E-state index in [0.717, 1.165) is 38.1 Å². The quantitative estimate of drug-likeness (QED) is 0.913. The molecule has 0 saturated heterocycles. The zero-order chi connectivity index (χ0) is 13.2. The van der Waals surface area contributed by atoms with Gasteiger partial charge in [-0.3, -0.25) is 0 Å². The lowest BCUT2D eigenvalue weighted by Crippen LogP contribution is -2.06. The van der Waals surface area contributed by atoms with Crippen molar-refractivity contribution >= 4 is 0 Å². The molecule has 19 heavy (non-hydrogen) atoms. The van der Waals surface area contributed by atoms with E-state index >= 15 is 0 Å². The Labute approximate surface area is 114 Å². The van der Waals surface area contributed by atoms with Crippen molar-refractivity contribution in [2.45, 2.75) is 45.2 Å². The molecule has 0 amide bonds. The van der Waals surface area contributed by atoms with Gasteiger partial charge in [0.15, 0.2) is 0 Å². The molecule has 1 atom stereocenters. The lowest BCUT2D eigenvalue weighted by atomic mass is 10.0. The summed E-state index contributed by atoms with van der Waals surface area (Å²) in [6.07, 6.45) is 8.23. The minimum absolute atomic E-state index is 0.242. The van der Waals surface area contributed by atoms with E-state index in [0.29, 0.717) is 0 Å². The zero-order valence-corrected chi connectivity index (χ0v) is 11.5. The molecule has 1 heterocycles. The Morgan fingerprint density at radius 1 is 1.42 bits per heavy atom. The van der Waals surface area contributed by atoms with E-state index in [1.165, 1.54) is 16.7 Å². The Morgan fingerprint density at radius 3 is 3.16 bits per heavy atom. The van der Waals surface area contributed by atoms with Gasteiger partial charge in [0.1, 0.15) is 5.82 Å². The molecule has 0 saturated carbocycles.